The van der Waals surface area contributed by atoms with Gasteiger partial charge in [0, 0.05) is 17.7 Å². The SMILES string of the molecule is O=C(NCC(F)(F)F)c1cccc(NC(=O)C2(Cc3nc4ccccc4s3)CCCC2)c1. The molecule has 4 rings (SSSR count). The first kappa shape index (κ1) is 22.3. The van der Waals surface area contributed by atoms with Gasteiger partial charge in [0.1, 0.15) is 6.54 Å². The molecule has 9 heteroatoms. The summed E-state index contributed by atoms with van der Waals surface area (Å²) in [6.07, 6.45) is -0.599. The van der Waals surface area contributed by atoms with Crippen LogP contribution in [0.25, 0.3) is 10.2 Å². The topological polar surface area (TPSA) is 71.1 Å². The number of nitrogens with zero attached hydrogens (tertiary/aromatic N) is 1. The van der Waals surface area contributed by atoms with Gasteiger partial charge in [0.15, 0.2) is 0 Å². The minimum Gasteiger partial charge on any atom is -0.343 e. The van der Waals surface area contributed by atoms with Gasteiger partial charge >= 0.3 is 6.18 Å². The molecule has 1 fully saturated rings. The first-order valence-corrected chi connectivity index (χ1v) is 11.2. The predicted octanol–water partition coefficient (Wildman–Crippen LogP) is 5.33. The van der Waals surface area contributed by atoms with Crippen molar-refractivity contribution in [2.45, 2.75) is 38.3 Å². The van der Waals surface area contributed by atoms with Crippen LogP contribution in [0.5, 0.6) is 0 Å². The van der Waals surface area contributed by atoms with Gasteiger partial charge in [-0.1, -0.05) is 31.0 Å². The molecule has 2 aromatic carbocycles. The summed E-state index contributed by atoms with van der Waals surface area (Å²) in [5.74, 6) is -0.995. The van der Waals surface area contributed by atoms with Crippen molar-refractivity contribution in [3.05, 3.63) is 59.1 Å². The highest BCUT2D eigenvalue weighted by atomic mass is 32.1. The molecule has 2 N–H and O–H groups in total. The van der Waals surface area contributed by atoms with Gasteiger partial charge < -0.3 is 10.6 Å². The van der Waals surface area contributed by atoms with E-state index in [1.54, 1.807) is 17.4 Å². The molecule has 1 aliphatic rings. The number of carbonyl (C=O) groups excluding carboxylic acids is 2. The second-order valence-electron chi connectivity index (χ2n) is 8.07. The lowest BCUT2D eigenvalue weighted by Gasteiger charge is -2.27. The van der Waals surface area contributed by atoms with E-state index >= 15 is 0 Å². The van der Waals surface area contributed by atoms with Crippen molar-refractivity contribution < 1.29 is 22.8 Å². The summed E-state index contributed by atoms with van der Waals surface area (Å²) in [5, 5.41) is 5.63. The molecule has 1 heterocycles. The monoisotopic (exact) mass is 461 g/mol. The minimum atomic E-state index is -4.49. The van der Waals surface area contributed by atoms with E-state index in [1.807, 2.05) is 29.6 Å². The third-order valence-electron chi connectivity index (χ3n) is 5.70. The Balaban J connectivity index is 1.49. The first-order valence-electron chi connectivity index (χ1n) is 10.4. The van der Waals surface area contributed by atoms with E-state index in [-0.39, 0.29) is 11.5 Å². The van der Waals surface area contributed by atoms with Gasteiger partial charge in [-0.15, -0.1) is 11.3 Å². The number of halogens is 3. The second-order valence-corrected chi connectivity index (χ2v) is 9.19. The maximum Gasteiger partial charge on any atom is 0.405 e. The van der Waals surface area contributed by atoms with Crippen molar-refractivity contribution in [2.75, 3.05) is 11.9 Å². The molecule has 5 nitrogen and oxygen atoms in total. The molecule has 168 valence electrons. The van der Waals surface area contributed by atoms with Crippen molar-refractivity contribution in [3.63, 3.8) is 0 Å². The summed E-state index contributed by atoms with van der Waals surface area (Å²) in [6.45, 7) is -1.41. The molecule has 3 aromatic rings. The molecule has 32 heavy (non-hydrogen) atoms. The van der Waals surface area contributed by atoms with Crippen LogP contribution < -0.4 is 10.6 Å². The van der Waals surface area contributed by atoms with Crippen LogP contribution in [0.3, 0.4) is 0 Å². The van der Waals surface area contributed by atoms with Gasteiger partial charge in [0.2, 0.25) is 5.91 Å². The van der Waals surface area contributed by atoms with Crippen molar-refractivity contribution in [1.82, 2.24) is 10.3 Å². The zero-order valence-corrected chi connectivity index (χ0v) is 18.0. The number of benzene rings is 2. The molecule has 1 aromatic heterocycles. The van der Waals surface area contributed by atoms with Crippen molar-refractivity contribution in [3.8, 4) is 0 Å². The number of hydrogen-bond acceptors (Lipinski definition) is 4. The van der Waals surface area contributed by atoms with E-state index < -0.39 is 24.0 Å². The highest BCUT2D eigenvalue weighted by Crippen LogP contribution is 2.43. The standard InChI is InChI=1S/C23H22F3N3O2S/c24-23(25,26)14-27-20(30)15-6-5-7-16(12-15)28-21(31)22(10-3-4-11-22)13-19-29-17-8-1-2-9-18(17)32-19/h1-2,5-9,12H,3-4,10-11,13-14H2,(H,27,30)(H,28,31). The number of carbonyl (C=O) groups is 2. The summed E-state index contributed by atoms with van der Waals surface area (Å²) in [5.41, 5.74) is 0.755. The number of aromatic nitrogens is 1. The van der Waals surface area contributed by atoms with Gasteiger partial charge in [-0.05, 0) is 43.2 Å². The normalized spacial score (nSPS) is 15.6. The van der Waals surface area contributed by atoms with Gasteiger partial charge in [0.05, 0.1) is 20.6 Å². The first-order chi connectivity index (χ1) is 15.2. The molecule has 0 aliphatic heterocycles. The Kier molecular flexibility index (Phi) is 6.19. The smallest absolute Gasteiger partial charge is 0.343 e. The van der Waals surface area contributed by atoms with Crippen LogP contribution in [-0.4, -0.2) is 29.5 Å². The fourth-order valence-corrected chi connectivity index (χ4v) is 5.22. The Labute approximate surface area is 187 Å². The van der Waals surface area contributed by atoms with Crippen LogP contribution in [0.15, 0.2) is 48.5 Å². The summed E-state index contributed by atoms with van der Waals surface area (Å²) >= 11 is 1.58. The second kappa shape index (κ2) is 8.90. The Morgan fingerprint density at radius 1 is 1.06 bits per heavy atom. The zero-order valence-electron chi connectivity index (χ0n) is 17.2. The Morgan fingerprint density at radius 2 is 1.81 bits per heavy atom. The fraction of sp³-hybridized carbons (Fsp3) is 0.348. The summed E-state index contributed by atoms with van der Waals surface area (Å²) in [6, 6.07) is 13.8. The van der Waals surface area contributed by atoms with Crippen LogP contribution in [0.2, 0.25) is 0 Å². The summed E-state index contributed by atoms with van der Waals surface area (Å²) in [7, 11) is 0. The van der Waals surface area contributed by atoms with Gasteiger partial charge in [-0.3, -0.25) is 9.59 Å². The molecule has 1 aliphatic carbocycles. The van der Waals surface area contributed by atoms with Crippen molar-refractivity contribution in [2.24, 2.45) is 5.41 Å². The average molecular weight is 462 g/mol. The Hall–Kier alpha value is -2.94. The number of nitrogens with one attached hydrogen (secondary N) is 2. The van der Waals surface area contributed by atoms with Crippen LogP contribution in [-0.2, 0) is 11.2 Å². The lowest BCUT2D eigenvalue weighted by molar-refractivity contribution is -0.125. The zero-order chi connectivity index (χ0) is 22.8. The van der Waals surface area contributed by atoms with Crippen LogP contribution in [0.4, 0.5) is 18.9 Å². The Bertz CT molecular complexity index is 1100. The molecule has 0 unspecified atom stereocenters. The maximum absolute atomic E-state index is 13.3. The highest BCUT2D eigenvalue weighted by molar-refractivity contribution is 7.18. The third kappa shape index (κ3) is 5.09. The number of alkyl halides is 3. The number of para-hydroxylation sites is 1. The molecule has 0 radical (unpaired) electrons. The molecule has 0 bridgehead atoms. The maximum atomic E-state index is 13.3. The van der Waals surface area contributed by atoms with Crippen LogP contribution in [0, 0.1) is 5.41 Å². The van der Waals surface area contributed by atoms with E-state index in [4.69, 9.17) is 0 Å². The number of amides is 2. The average Bonchev–Trinajstić information content (AvgIpc) is 3.39. The number of rotatable bonds is 6. The van der Waals surface area contributed by atoms with E-state index in [0.717, 1.165) is 40.9 Å². The van der Waals surface area contributed by atoms with Crippen LogP contribution >= 0.6 is 11.3 Å². The fourth-order valence-electron chi connectivity index (χ4n) is 4.11. The molecular formula is C23H22F3N3O2S. The quantitative estimate of drug-likeness (QED) is 0.521. The summed E-state index contributed by atoms with van der Waals surface area (Å²) < 4.78 is 38.2. The number of anilines is 1. The van der Waals surface area contributed by atoms with Gasteiger partial charge in [0.25, 0.3) is 5.91 Å². The lowest BCUT2D eigenvalue weighted by atomic mass is 9.81. The minimum absolute atomic E-state index is 0.0543. The van der Waals surface area contributed by atoms with Crippen LogP contribution in [0.1, 0.15) is 41.0 Å². The summed E-state index contributed by atoms with van der Waals surface area (Å²) in [4.78, 5) is 30.0. The number of thiazole rings is 1. The number of hydrogen-bond donors (Lipinski definition) is 2. The largest absolute Gasteiger partial charge is 0.405 e. The molecule has 0 atom stereocenters. The molecule has 0 spiro atoms. The molecule has 2 amide bonds. The van der Waals surface area contributed by atoms with E-state index in [9.17, 15) is 22.8 Å². The molecule has 0 saturated heterocycles. The van der Waals surface area contributed by atoms with Crippen molar-refractivity contribution >= 4 is 39.1 Å². The third-order valence-corrected chi connectivity index (χ3v) is 6.74. The molecule has 1 saturated carbocycles. The van der Waals surface area contributed by atoms with E-state index in [2.05, 4.69) is 10.3 Å². The Morgan fingerprint density at radius 3 is 2.53 bits per heavy atom. The highest BCUT2D eigenvalue weighted by Gasteiger charge is 2.42. The lowest BCUT2D eigenvalue weighted by Crippen LogP contribution is -2.36. The van der Waals surface area contributed by atoms with Gasteiger partial charge in [-0.2, -0.15) is 13.2 Å². The molecular weight excluding hydrogens is 439 g/mol. The predicted molar refractivity (Wildman–Crippen MR) is 118 cm³/mol. The number of fused-ring (bicyclic) bond motifs is 1. The van der Waals surface area contributed by atoms with Gasteiger partial charge in [-0.25, -0.2) is 4.98 Å². The van der Waals surface area contributed by atoms with Crippen molar-refractivity contribution in [1.29, 1.82) is 0 Å². The van der Waals surface area contributed by atoms with E-state index in [1.165, 1.54) is 18.2 Å². The van der Waals surface area contributed by atoms with E-state index in [0.29, 0.717) is 12.1 Å².